The lowest BCUT2D eigenvalue weighted by molar-refractivity contribution is -0.153. The Hall–Kier alpha value is -2.66. The Morgan fingerprint density at radius 2 is 2.00 bits per heavy atom. The highest BCUT2D eigenvalue weighted by atomic mass is 32.2. The van der Waals surface area contributed by atoms with Crippen molar-refractivity contribution in [2.24, 2.45) is 5.14 Å². The molecule has 0 unspecified atom stereocenters. The fourth-order valence-electron chi connectivity index (χ4n) is 1.95. The van der Waals surface area contributed by atoms with Gasteiger partial charge in [0.05, 0.1) is 11.3 Å². The number of rotatable bonds is 6. The van der Waals surface area contributed by atoms with Gasteiger partial charge in [-0.15, -0.1) is 0 Å². The molecule has 2 aromatic rings. The molecule has 0 bridgehead atoms. The molecule has 0 aliphatic rings. The molecule has 26 heavy (non-hydrogen) atoms. The van der Waals surface area contributed by atoms with Gasteiger partial charge in [0.1, 0.15) is 5.75 Å². The van der Waals surface area contributed by atoms with E-state index >= 15 is 0 Å². The molecule has 1 amide bonds. The molecule has 0 radical (unpaired) electrons. The molecule has 0 saturated carbocycles. The highest BCUT2D eigenvalue weighted by Crippen LogP contribution is 2.26. The Kier molecular flexibility index (Phi) is 5.83. The Bertz CT molecular complexity index is 887. The summed E-state index contributed by atoms with van der Waals surface area (Å²) in [6.07, 6.45) is -1.67. The summed E-state index contributed by atoms with van der Waals surface area (Å²) in [5.41, 5.74) is 0.531. The zero-order chi connectivity index (χ0) is 19.4. The average molecular weight is 389 g/mol. The molecule has 1 aromatic carbocycles. The van der Waals surface area contributed by atoms with Gasteiger partial charge < -0.3 is 10.1 Å². The van der Waals surface area contributed by atoms with Gasteiger partial charge in [-0.25, -0.2) is 13.6 Å². The third kappa shape index (κ3) is 6.33. The van der Waals surface area contributed by atoms with E-state index in [-0.39, 0.29) is 12.1 Å². The molecule has 11 heteroatoms. The van der Waals surface area contributed by atoms with Crippen molar-refractivity contribution >= 4 is 21.6 Å². The molecule has 0 aliphatic carbocycles. The van der Waals surface area contributed by atoms with E-state index in [2.05, 4.69) is 15.0 Å². The van der Waals surface area contributed by atoms with Crippen molar-refractivity contribution in [1.29, 1.82) is 0 Å². The molecule has 0 fully saturated rings. The fraction of sp³-hybridized carbons (Fsp3) is 0.200. The van der Waals surface area contributed by atoms with Crippen LogP contribution in [0.15, 0.2) is 47.6 Å². The molecule has 7 nitrogen and oxygen atoms in total. The molecule has 2 rings (SSSR count). The van der Waals surface area contributed by atoms with E-state index in [9.17, 15) is 26.4 Å². The number of carbonyl (C=O) groups is 1. The van der Waals surface area contributed by atoms with Gasteiger partial charge in [0.15, 0.2) is 6.61 Å². The van der Waals surface area contributed by atoms with E-state index < -0.39 is 39.4 Å². The average Bonchev–Trinajstić information content (AvgIpc) is 2.52. The van der Waals surface area contributed by atoms with Crippen LogP contribution in [0.4, 0.5) is 18.9 Å². The standard InChI is InChI=1S/C15H14F3N3O4S/c16-15(17,18)9-25-12-5-11(6-13(7-12)26(19,23)24)21-14(22)4-10-2-1-3-20-8-10/h1-3,5-8H,4,9H2,(H,21,22)(H2,19,23,24). The van der Waals surface area contributed by atoms with Crippen LogP contribution in [-0.2, 0) is 21.2 Å². The summed E-state index contributed by atoms with van der Waals surface area (Å²) in [6.45, 7) is -1.62. The summed E-state index contributed by atoms with van der Waals surface area (Å²) in [5.74, 6) is -0.920. The second-order valence-corrected chi connectivity index (χ2v) is 6.79. The van der Waals surface area contributed by atoms with Crippen LogP contribution in [0.25, 0.3) is 0 Å². The molecule has 0 saturated heterocycles. The summed E-state index contributed by atoms with van der Waals surface area (Å²) in [4.78, 5) is 15.4. The number of benzene rings is 1. The number of hydrogen-bond acceptors (Lipinski definition) is 5. The topological polar surface area (TPSA) is 111 Å². The second kappa shape index (κ2) is 7.70. The number of hydrogen-bond donors (Lipinski definition) is 2. The molecule has 3 N–H and O–H groups in total. The molecule has 1 aromatic heterocycles. The van der Waals surface area contributed by atoms with Crippen LogP contribution in [0.5, 0.6) is 5.75 Å². The normalized spacial score (nSPS) is 11.8. The summed E-state index contributed by atoms with van der Waals surface area (Å²) >= 11 is 0. The largest absolute Gasteiger partial charge is 0.484 e. The lowest BCUT2D eigenvalue weighted by atomic mass is 10.2. The lowest BCUT2D eigenvalue weighted by Gasteiger charge is -2.13. The maximum atomic E-state index is 12.3. The minimum Gasteiger partial charge on any atom is -0.484 e. The Morgan fingerprint density at radius 1 is 1.27 bits per heavy atom. The first kappa shape index (κ1) is 19.7. The first-order valence-electron chi connectivity index (χ1n) is 7.09. The zero-order valence-corrected chi connectivity index (χ0v) is 14.0. The van der Waals surface area contributed by atoms with Gasteiger partial charge in [-0.2, -0.15) is 13.2 Å². The number of sulfonamides is 1. The molecular weight excluding hydrogens is 375 g/mol. The Labute approximate surface area is 147 Å². The first-order chi connectivity index (χ1) is 12.0. The van der Waals surface area contributed by atoms with Crippen molar-refractivity contribution in [2.75, 3.05) is 11.9 Å². The molecular formula is C15H14F3N3O4S. The number of amides is 1. The third-order valence-electron chi connectivity index (χ3n) is 2.98. The van der Waals surface area contributed by atoms with Gasteiger partial charge in [0.2, 0.25) is 15.9 Å². The summed E-state index contributed by atoms with van der Waals surface area (Å²) in [5, 5.41) is 7.40. The van der Waals surface area contributed by atoms with Crippen LogP contribution in [-0.4, -0.2) is 32.1 Å². The summed E-state index contributed by atoms with van der Waals surface area (Å²) in [7, 11) is -4.22. The van der Waals surface area contributed by atoms with Crippen LogP contribution in [0.3, 0.4) is 0 Å². The predicted molar refractivity (Wildman–Crippen MR) is 85.9 cm³/mol. The molecule has 0 atom stereocenters. The third-order valence-corrected chi connectivity index (χ3v) is 3.88. The monoisotopic (exact) mass is 389 g/mol. The van der Waals surface area contributed by atoms with E-state index in [1.54, 1.807) is 12.1 Å². The van der Waals surface area contributed by atoms with Crippen molar-refractivity contribution in [3.63, 3.8) is 0 Å². The van der Waals surface area contributed by atoms with Crippen LogP contribution < -0.4 is 15.2 Å². The zero-order valence-electron chi connectivity index (χ0n) is 13.2. The highest BCUT2D eigenvalue weighted by Gasteiger charge is 2.28. The number of ether oxygens (including phenoxy) is 1. The number of nitrogens with one attached hydrogen (secondary N) is 1. The van der Waals surface area contributed by atoms with Crippen molar-refractivity contribution in [3.8, 4) is 5.75 Å². The number of anilines is 1. The minimum atomic E-state index is -4.61. The number of alkyl halides is 3. The number of primary sulfonamides is 1. The van der Waals surface area contributed by atoms with Gasteiger partial charge in [0.25, 0.3) is 0 Å². The van der Waals surface area contributed by atoms with Gasteiger partial charge in [-0.1, -0.05) is 6.07 Å². The predicted octanol–water partition coefficient (Wildman–Crippen LogP) is 1.85. The first-order valence-corrected chi connectivity index (χ1v) is 8.64. The number of halogens is 3. The van der Waals surface area contributed by atoms with Gasteiger partial charge in [-0.05, 0) is 17.7 Å². The van der Waals surface area contributed by atoms with Gasteiger partial charge in [0, 0.05) is 30.2 Å². The van der Waals surface area contributed by atoms with E-state index in [0.29, 0.717) is 5.56 Å². The van der Waals surface area contributed by atoms with E-state index in [1.165, 1.54) is 12.4 Å². The quantitative estimate of drug-likeness (QED) is 0.783. The van der Waals surface area contributed by atoms with Crippen molar-refractivity contribution < 1.29 is 31.1 Å². The maximum absolute atomic E-state index is 12.3. The lowest BCUT2D eigenvalue weighted by Crippen LogP contribution is -2.20. The summed E-state index contributed by atoms with van der Waals surface area (Å²) < 4.78 is 64.4. The second-order valence-electron chi connectivity index (χ2n) is 5.23. The van der Waals surface area contributed by atoms with Crippen molar-refractivity contribution in [2.45, 2.75) is 17.5 Å². The van der Waals surface area contributed by atoms with Crippen LogP contribution in [0.2, 0.25) is 0 Å². The van der Waals surface area contributed by atoms with E-state index in [1.807, 2.05) is 0 Å². The van der Waals surface area contributed by atoms with E-state index in [0.717, 1.165) is 18.2 Å². The van der Waals surface area contributed by atoms with Crippen molar-refractivity contribution in [1.82, 2.24) is 4.98 Å². The van der Waals surface area contributed by atoms with Crippen LogP contribution >= 0.6 is 0 Å². The summed E-state index contributed by atoms with van der Waals surface area (Å²) in [6, 6.07) is 6.23. The Balaban J connectivity index is 2.21. The van der Waals surface area contributed by atoms with Gasteiger partial charge in [-0.3, -0.25) is 9.78 Å². The fourth-order valence-corrected chi connectivity index (χ4v) is 2.52. The SMILES string of the molecule is NS(=O)(=O)c1cc(NC(=O)Cc2cccnc2)cc(OCC(F)(F)F)c1. The van der Waals surface area contributed by atoms with Crippen molar-refractivity contribution in [3.05, 3.63) is 48.3 Å². The number of nitrogens with zero attached hydrogens (tertiary/aromatic N) is 1. The minimum absolute atomic E-state index is 0.0633. The number of pyridine rings is 1. The van der Waals surface area contributed by atoms with Gasteiger partial charge >= 0.3 is 6.18 Å². The molecule has 140 valence electrons. The number of carbonyl (C=O) groups excluding carboxylic acids is 1. The van der Waals surface area contributed by atoms with Crippen LogP contribution in [0.1, 0.15) is 5.56 Å². The number of aromatic nitrogens is 1. The van der Waals surface area contributed by atoms with E-state index in [4.69, 9.17) is 5.14 Å². The Morgan fingerprint density at radius 3 is 2.58 bits per heavy atom. The molecule has 0 spiro atoms. The molecule has 1 heterocycles. The highest BCUT2D eigenvalue weighted by molar-refractivity contribution is 7.89. The van der Waals surface area contributed by atoms with Crippen LogP contribution in [0, 0.1) is 0 Å². The smallest absolute Gasteiger partial charge is 0.422 e. The maximum Gasteiger partial charge on any atom is 0.422 e. The molecule has 0 aliphatic heterocycles. The number of nitrogens with two attached hydrogens (primary N) is 1.